The summed E-state index contributed by atoms with van der Waals surface area (Å²) in [6.45, 7) is 3.12. The highest BCUT2D eigenvalue weighted by Crippen LogP contribution is 2.53. The Balaban J connectivity index is 1.12. The number of carbonyl (C=O) groups is 1. The molecule has 0 unspecified atom stereocenters. The Morgan fingerprint density at radius 3 is 2.69 bits per heavy atom. The van der Waals surface area contributed by atoms with Crippen molar-refractivity contribution in [3.63, 3.8) is 0 Å². The molecule has 184 valence electrons. The van der Waals surface area contributed by atoms with Crippen molar-refractivity contribution in [3.8, 4) is 0 Å². The van der Waals surface area contributed by atoms with E-state index in [1.807, 2.05) is 4.90 Å². The van der Waals surface area contributed by atoms with E-state index in [9.17, 15) is 14.0 Å². The molecule has 1 spiro atoms. The normalized spacial score (nSPS) is 23.2. The van der Waals surface area contributed by atoms with Crippen LogP contribution in [0.1, 0.15) is 59.5 Å². The fraction of sp³-hybridized carbons (Fsp3) is 0.519. The number of carbonyl (C=O) groups excluding carboxylic acids is 1. The first-order valence-electron chi connectivity index (χ1n) is 12.8. The summed E-state index contributed by atoms with van der Waals surface area (Å²) in [5.74, 6) is 0.100. The summed E-state index contributed by atoms with van der Waals surface area (Å²) in [5.41, 5.74) is 4.39. The molecule has 3 aliphatic carbocycles. The van der Waals surface area contributed by atoms with Gasteiger partial charge in [-0.15, -0.1) is 0 Å². The zero-order chi connectivity index (χ0) is 24.2. The molecule has 8 heteroatoms. The monoisotopic (exact) mass is 477 g/mol. The van der Waals surface area contributed by atoms with Crippen LogP contribution < -0.4 is 15.8 Å². The first-order valence-corrected chi connectivity index (χ1v) is 12.8. The van der Waals surface area contributed by atoms with Crippen LogP contribution in [0.5, 0.6) is 0 Å². The van der Waals surface area contributed by atoms with Crippen LogP contribution >= 0.6 is 0 Å². The first kappa shape index (κ1) is 22.5. The number of hydrogen-bond donors (Lipinski definition) is 2. The summed E-state index contributed by atoms with van der Waals surface area (Å²) < 4.78 is 14.7. The van der Waals surface area contributed by atoms with Crippen molar-refractivity contribution in [3.05, 3.63) is 63.1 Å². The van der Waals surface area contributed by atoms with E-state index in [1.165, 1.54) is 18.9 Å². The van der Waals surface area contributed by atoms with Gasteiger partial charge in [0.2, 0.25) is 0 Å². The maximum Gasteiger partial charge on any atom is 0.254 e. The number of piperazine rings is 1. The summed E-state index contributed by atoms with van der Waals surface area (Å²) in [5, 5.41) is 2.53. The Kier molecular flexibility index (Phi) is 5.51. The van der Waals surface area contributed by atoms with Gasteiger partial charge in [0.15, 0.2) is 0 Å². The first-order chi connectivity index (χ1) is 16.9. The fourth-order valence-electron chi connectivity index (χ4n) is 6.07. The third kappa shape index (κ3) is 4.18. The van der Waals surface area contributed by atoms with Crippen LogP contribution in [0, 0.1) is 11.2 Å². The summed E-state index contributed by atoms with van der Waals surface area (Å²) >= 11 is 0. The molecule has 1 aliphatic heterocycles. The number of nitrogens with zero attached hydrogens (tertiary/aromatic N) is 3. The summed E-state index contributed by atoms with van der Waals surface area (Å²) in [4.78, 5) is 37.1. The second-order valence-corrected chi connectivity index (χ2v) is 10.6. The number of H-pyrrole nitrogens is 1. The molecule has 35 heavy (non-hydrogen) atoms. The van der Waals surface area contributed by atoms with Crippen molar-refractivity contribution < 1.29 is 9.18 Å². The maximum absolute atomic E-state index is 14.7. The Labute approximate surface area is 204 Å². The largest absolute Gasteiger partial charge is 0.367 e. The molecule has 4 aliphatic rings. The van der Waals surface area contributed by atoms with E-state index in [0.29, 0.717) is 22.7 Å². The molecule has 2 fully saturated rings. The molecule has 2 aromatic rings. The molecule has 0 bridgehead atoms. The lowest BCUT2D eigenvalue weighted by atomic mass is 9.84. The number of allylic oxidation sites excluding steroid dienone is 1. The van der Waals surface area contributed by atoms with Gasteiger partial charge in [-0.05, 0) is 74.1 Å². The van der Waals surface area contributed by atoms with E-state index >= 15 is 0 Å². The SMILES string of the molecule is CNC(=O)c1ccc(N2CCN([C@H]3C=C(c4nc5c(c(=O)[nH]4)CC4(CC5)CC4)CC3)CC2)c(F)c1. The van der Waals surface area contributed by atoms with Crippen LogP contribution in [-0.4, -0.2) is 60.0 Å². The molecular formula is C27H32FN5O2. The van der Waals surface area contributed by atoms with Gasteiger partial charge in [-0.1, -0.05) is 6.08 Å². The van der Waals surface area contributed by atoms with Gasteiger partial charge in [-0.2, -0.15) is 0 Å². The molecule has 1 atom stereocenters. The van der Waals surface area contributed by atoms with Gasteiger partial charge >= 0.3 is 0 Å². The zero-order valence-electron chi connectivity index (χ0n) is 20.2. The second-order valence-electron chi connectivity index (χ2n) is 10.6. The zero-order valence-corrected chi connectivity index (χ0v) is 20.2. The van der Waals surface area contributed by atoms with E-state index in [2.05, 4.69) is 21.3 Å². The van der Waals surface area contributed by atoms with Crippen molar-refractivity contribution in [1.82, 2.24) is 20.2 Å². The maximum atomic E-state index is 14.7. The van der Waals surface area contributed by atoms with Crippen molar-refractivity contribution in [2.75, 3.05) is 38.1 Å². The number of halogens is 1. The van der Waals surface area contributed by atoms with Crippen LogP contribution in [-0.2, 0) is 12.8 Å². The third-order valence-corrected chi connectivity index (χ3v) is 8.47. The predicted octanol–water partition coefficient (Wildman–Crippen LogP) is 2.91. The number of rotatable bonds is 4. The van der Waals surface area contributed by atoms with Crippen LogP contribution in [0.15, 0.2) is 29.1 Å². The smallest absolute Gasteiger partial charge is 0.254 e. The number of benzene rings is 1. The standard InChI is InChI=1S/C27H32FN5O2/c1-29-25(34)18-3-5-23(21(28)15-18)33-12-10-32(11-13-33)19-4-2-17(14-19)24-30-22-6-7-27(8-9-27)16-20(22)26(35)31-24/h3,5,14-15,19H,2,4,6-13,16H2,1H3,(H,29,34)(H,30,31,35)/t19-/m1/s1. The summed E-state index contributed by atoms with van der Waals surface area (Å²) in [7, 11) is 1.54. The number of amides is 1. The molecule has 7 nitrogen and oxygen atoms in total. The Morgan fingerprint density at radius 1 is 1.17 bits per heavy atom. The van der Waals surface area contributed by atoms with E-state index in [0.717, 1.165) is 80.9 Å². The molecule has 6 rings (SSSR count). The molecule has 1 saturated heterocycles. The molecular weight excluding hydrogens is 445 g/mol. The Morgan fingerprint density at radius 2 is 1.97 bits per heavy atom. The Hall–Kier alpha value is -3.00. The predicted molar refractivity (Wildman–Crippen MR) is 133 cm³/mol. The van der Waals surface area contributed by atoms with Crippen LogP contribution in [0.2, 0.25) is 0 Å². The Bertz CT molecular complexity index is 1260. The molecule has 1 aromatic heterocycles. The highest BCUT2D eigenvalue weighted by molar-refractivity contribution is 5.94. The number of aromatic amines is 1. The quantitative estimate of drug-likeness (QED) is 0.708. The average Bonchev–Trinajstić information content (AvgIpc) is 3.43. The van der Waals surface area contributed by atoms with Gasteiger partial charge in [-0.3, -0.25) is 14.5 Å². The third-order valence-electron chi connectivity index (χ3n) is 8.47. The lowest BCUT2D eigenvalue weighted by molar-refractivity contribution is 0.0962. The van der Waals surface area contributed by atoms with Gasteiger partial charge in [-0.25, -0.2) is 9.37 Å². The van der Waals surface area contributed by atoms with Crippen molar-refractivity contribution in [2.24, 2.45) is 5.41 Å². The summed E-state index contributed by atoms with van der Waals surface area (Å²) in [6, 6.07) is 4.99. The van der Waals surface area contributed by atoms with Crippen molar-refractivity contribution >= 4 is 17.2 Å². The van der Waals surface area contributed by atoms with E-state index in [-0.39, 0.29) is 17.3 Å². The topological polar surface area (TPSA) is 81.3 Å². The number of aromatic nitrogens is 2. The minimum atomic E-state index is -0.363. The minimum absolute atomic E-state index is 0.0541. The van der Waals surface area contributed by atoms with Crippen LogP contribution in [0.4, 0.5) is 10.1 Å². The molecule has 0 radical (unpaired) electrons. The number of nitrogens with one attached hydrogen (secondary N) is 2. The van der Waals surface area contributed by atoms with E-state index in [1.54, 1.807) is 19.2 Å². The fourth-order valence-corrected chi connectivity index (χ4v) is 6.07. The molecule has 1 saturated carbocycles. The molecule has 2 N–H and O–H groups in total. The highest BCUT2D eigenvalue weighted by atomic mass is 19.1. The lowest BCUT2D eigenvalue weighted by Gasteiger charge is -2.38. The average molecular weight is 478 g/mol. The van der Waals surface area contributed by atoms with Gasteiger partial charge in [0, 0.05) is 50.4 Å². The second kappa shape index (κ2) is 8.59. The van der Waals surface area contributed by atoms with E-state index < -0.39 is 0 Å². The molecule has 1 aromatic carbocycles. The van der Waals surface area contributed by atoms with Gasteiger partial charge < -0.3 is 15.2 Å². The number of hydrogen-bond acceptors (Lipinski definition) is 5. The van der Waals surface area contributed by atoms with Crippen LogP contribution in [0.3, 0.4) is 0 Å². The number of aryl methyl sites for hydroxylation is 1. The molecule has 2 heterocycles. The molecule has 1 amide bonds. The van der Waals surface area contributed by atoms with Crippen molar-refractivity contribution in [2.45, 2.75) is 51.0 Å². The number of anilines is 1. The lowest BCUT2D eigenvalue weighted by Crippen LogP contribution is -2.49. The van der Waals surface area contributed by atoms with Gasteiger partial charge in [0.05, 0.1) is 11.4 Å². The van der Waals surface area contributed by atoms with Gasteiger partial charge in [0.25, 0.3) is 11.5 Å². The van der Waals surface area contributed by atoms with E-state index in [4.69, 9.17) is 4.98 Å². The number of fused-ring (bicyclic) bond motifs is 1. The van der Waals surface area contributed by atoms with Crippen LogP contribution in [0.25, 0.3) is 5.57 Å². The van der Waals surface area contributed by atoms with Gasteiger partial charge in [0.1, 0.15) is 11.6 Å². The highest BCUT2D eigenvalue weighted by Gasteiger charge is 2.45. The summed E-state index contributed by atoms with van der Waals surface area (Å²) in [6.07, 6.45) is 9.67. The minimum Gasteiger partial charge on any atom is -0.367 e. The van der Waals surface area contributed by atoms with Crippen molar-refractivity contribution in [1.29, 1.82) is 0 Å².